The highest BCUT2D eigenvalue weighted by molar-refractivity contribution is 6.02. The quantitative estimate of drug-likeness (QED) is 0.249. The van der Waals surface area contributed by atoms with Crippen LogP contribution < -0.4 is 16.4 Å². The molecule has 7 rings (SSSR count). The van der Waals surface area contributed by atoms with E-state index in [1.165, 1.54) is 11.1 Å². The summed E-state index contributed by atoms with van der Waals surface area (Å²) in [5, 5.41) is 6.84. The van der Waals surface area contributed by atoms with E-state index in [4.69, 9.17) is 15.7 Å². The number of carbonyl (C=O) groups excluding carboxylic acids is 1. The predicted molar refractivity (Wildman–Crippen MR) is 159 cm³/mol. The maximum atomic E-state index is 11.6. The van der Waals surface area contributed by atoms with Gasteiger partial charge in [-0.1, -0.05) is 60.7 Å². The number of likely N-dealkylation sites (tertiary alicyclic amines) is 1. The molecule has 197 valence electrons. The van der Waals surface area contributed by atoms with Crippen molar-refractivity contribution in [3.63, 3.8) is 0 Å². The lowest BCUT2D eigenvalue weighted by atomic mass is 9.89. The molecule has 1 radical (unpaired) electrons. The molecule has 3 N–H and O–H groups in total. The molecule has 1 saturated heterocycles. The monoisotopic (exact) mass is 525 g/mol. The lowest BCUT2D eigenvalue weighted by Gasteiger charge is -2.32. The predicted octanol–water partition coefficient (Wildman–Crippen LogP) is 6.71. The first-order chi connectivity index (χ1) is 19.6. The Kier molecular flexibility index (Phi) is 6.13. The molecule has 3 heterocycles. The minimum Gasteiger partial charge on any atom is -0.398 e. The first kappa shape index (κ1) is 24.3. The molecule has 0 atom stereocenters. The summed E-state index contributed by atoms with van der Waals surface area (Å²) in [6.07, 6.45) is 2.18. The summed E-state index contributed by atoms with van der Waals surface area (Å²) < 4.78 is 0. The molecular formula is C33H29N6O. The highest BCUT2D eigenvalue weighted by atomic mass is 16.2. The topological polar surface area (TPSA) is 98.2 Å². The van der Waals surface area contributed by atoms with E-state index in [0.29, 0.717) is 11.6 Å². The maximum Gasteiger partial charge on any atom is 0.346 e. The standard InChI is InChI=1S/C33H29N6O/c34-26-6-2-1-5-25(26)32-31(35-27-7-3-4-8-28(27)36-32)23-11-9-21(10-12-23)20-39-17-15-22(16-18-39)24-13-14-29-30(19-24)38-33(40)37-29/h1-14,19,22H,15-18,20,34H2,(H,37,40). The lowest BCUT2D eigenvalue weighted by Crippen LogP contribution is -2.32. The van der Waals surface area contributed by atoms with Crippen LogP contribution in [0.2, 0.25) is 0 Å². The molecule has 0 spiro atoms. The third-order valence-corrected chi connectivity index (χ3v) is 7.96. The van der Waals surface area contributed by atoms with Gasteiger partial charge in [0.2, 0.25) is 0 Å². The van der Waals surface area contributed by atoms with Crippen molar-refractivity contribution in [2.75, 3.05) is 24.1 Å². The summed E-state index contributed by atoms with van der Waals surface area (Å²) in [5.41, 5.74) is 16.4. The van der Waals surface area contributed by atoms with Crippen molar-refractivity contribution < 1.29 is 4.79 Å². The number of piperidine rings is 1. The molecule has 2 aliphatic heterocycles. The molecule has 40 heavy (non-hydrogen) atoms. The van der Waals surface area contributed by atoms with Gasteiger partial charge in [-0.25, -0.2) is 14.8 Å². The van der Waals surface area contributed by atoms with E-state index in [1.54, 1.807) is 0 Å². The highest BCUT2D eigenvalue weighted by Crippen LogP contribution is 2.36. The fourth-order valence-corrected chi connectivity index (χ4v) is 5.81. The smallest absolute Gasteiger partial charge is 0.346 e. The summed E-state index contributed by atoms with van der Waals surface area (Å²) in [4.78, 5) is 24.1. The Labute approximate surface area is 233 Å². The van der Waals surface area contributed by atoms with Crippen LogP contribution in [-0.4, -0.2) is 34.0 Å². The van der Waals surface area contributed by atoms with Gasteiger partial charge >= 0.3 is 6.03 Å². The van der Waals surface area contributed by atoms with Gasteiger partial charge in [-0.15, -0.1) is 0 Å². The maximum absolute atomic E-state index is 11.6. The number of anilines is 2. The Morgan fingerprint density at radius 2 is 1.52 bits per heavy atom. The number of fused-ring (bicyclic) bond motifs is 2. The summed E-state index contributed by atoms with van der Waals surface area (Å²) in [6, 6.07) is 30.4. The van der Waals surface area contributed by atoms with Crippen LogP contribution in [0.5, 0.6) is 0 Å². The number of rotatable bonds is 5. The number of nitrogens with two attached hydrogens (primary N) is 1. The van der Waals surface area contributed by atoms with Gasteiger partial charge in [-0.05, 0) is 73.3 Å². The van der Waals surface area contributed by atoms with Crippen LogP contribution >= 0.6 is 0 Å². The van der Waals surface area contributed by atoms with Gasteiger partial charge in [0.15, 0.2) is 0 Å². The molecule has 0 saturated carbocycles. The number of benzene rings is 4. The van der Waals surface area contributed by atoms with Crippen molar-refractivity contribution in [3.05, 3.63) is 102 Å². The number of para-hydroxylation sites is 3. The summed E-state index contributed by atoms with van der Waals surface area (Å²) >= 11 is 0. The lowest BCUT2D eigenvalue weighted by molar-refractivity contribution is 0.204. The van der Waals surface area contributed by atoms with Crippen LogP contribution in [0.1, 0.15) is 29.9 Å². The Morgan fingerprint density at radius 1 is 0.825 bits per heavy atom. The third kappa shape index (κ3) is 4.65. The minimum absolute atomic E-state index is 0.277. The number of urea groups is 1. The van der Waals surface area contributed by atoms with E-state index in [0.717, 1.165) is 77.4 Å². The minimum atomic E-state index is -0.277. The van der Waals surface area contributed by atoms with Crippen LogP contribution in [0.3, 0.4) is 0 Å². The third-order valence-electron chi connectivity index (χ3n) is 7.96. The van der Waals surface area contributed by atoms with Gasteiger partial charge in [0.05, 0.1) is 33.8 Å². The van der Waals surface area contributed by atoms with E-state index >= 15 is 0 Å². The van der Waals surface area contributed by atoms with Crippen molar-refractivity contribution >= 4 is 34.1 Å². The van der Waals surface area contributed by atoms with Crippen molar-refractivity contribution in [2.24, 2.45) is 0 Å². The van der Waals surface area contributed by atoms with Crippen LogP contribution in [0.15, 0.2) is 91.0 Å². The molecule has 2 amide bonds. The summed E-state index contributed by atoms with van der Waals surface area (Å²) in [5.74, 6) is 0.491. The Hall–Kier alpha value is -4.75. The second-order valence-corrected chi connectivity index (χ2v) is 10.6. The van der Waals surface area contributed by atoms with Crippen LogP contribution in [0.25, 0.3) is 33.5 Å². The summed E-state index contributed by atoms with van der Waals surface area (Å²) in [6.45, 7) is 2.98. The number of amides is 2. The van der Waals surface area contributed by atoms with Crippen LogP contribution in [0, 0.1) is 0 Å². The Balaban J connectivity index is 1.08. The SMILES string of the molecule is Nc1ccccc1-c1nc2ccccc2nc1-c1ccc(CN2CCC(c3ccc4c(c3)[N]C(=O)N4)CC2)cc1. The number of nitrogens with one attached hydrogen (secondary N) is 1. The highest BCUT2D eigenvalue weighted by Gasteiger charge is 2.24. The van der Waals surface area contributed by atoms with E-state index in [2.05, 4.69) is 51.9 Å². The van der Waals surface area contributed by atoms with Crippen molar-refractivity contribution in [3.8, 4) is 22.5 Å². The largest absolute Gasteiger partial charge is 0.398 e. The first-order valence-electron chi connectivity index (χ1n) is 13.7. The molecule has 0 aliphatic carbocycles. The van der Waals surface area contributed by atoms with E-state index in [-0.39, 0.29) is 6.03 Å². The zero-order valence-electron chi connectivity index (χ0n) is 22.0. The normalized spacial score (nSPS) is 15.6. The molecule has 0 bridgehead atoms. The van der Waals surface area contributed by atoms with Crippen molar-refractivity contribution in [1.82, 2.24) is 20.2 Å². The molecule has 0 unspecified atom stereocenters. The molecule has 7 nitrogen and oxygen atoms in total. The zero-order chi connectivity index (χ0) is 27.1. The number of carbonyl (C=O) groups is 1. The Bertz CT molecular complexity index is 1720. The molecule has 1 aromatic heterocycles. The second kappa shape index (κ2) is 10.1. The van der Waals surface area contributed by atoms with Gasteiger partial charge < -0.3 is 11.1 Å². The number of nitrogens with zero attached hydrogens (tertiary/aromatic N) is 4. The molecule has 7 heteroatoms. The number of aromatic nitrogens is 2. The second-order valence-electron chi connectivity index (χ2n) is 10.6. The van der Waals surface area contributed by atoms with E-state index in [9.17, 15) is 4.79 Å². The molecule has 4 aromatic carbocycles. The van der Waals surface area contributed by atoms with Gasteiger partial charge in [0, 0.05) is 23.4 Å². The first-order valence-corrected chi connectivity index (χ1v) is 13.7. The Morgan fingerprint density at radius 3 is 2.27 bits per heavy atom. The van der Waals surface area contributed by atoms with Crippen LogP contribution in [-0.2, 0) is 6.54 Å². The van der Waals surface area contributed by atoms with Crippen LogP contribution in [0.4, 0.5) is 21.9 Å². The average Bonchev–Trinajstić information content (AvgIpc) is 3.37. The molecule has 1 fully saturated rings. The van der Waals surface area contributed by atoms with Gasteiger partial charge in [0.25, 0.3) is 0 Å². The zero-order valence-corrected chi connectivity index (χ0v) is 22.0. The molecule has 2 aliphatic rings. The van der Waals surface area contributed by atoms with Crippen molar-refractivity contribution in [1.29, 1.82) is 0 Å². The van der Waals surface area contributed by atoms with Crippen molar-refractivity contribution in [2.45, 2.75) is 25.3 Å². The fourth-order valence-electron chi connectivity index (χ4n) is 5.81. The van der Waals surface area contributed by atoms with Gasteiger partial charge in [-0.2, -0.15) is 5.32 Å². The van der Waals surface area contributed by atoms with Gasteiger partial charge in [-0.3, -0.25) is 4.90 Å². The molecule has 5 aromatic rings. The number of hydrogen-bond acceptors (Lipinski definition) is 5. The van der Waals surface area contributed by atoms with E-state index < -0.39 is 0 Å². The number of hydrogen-bond donors (Lipinski definition) is 2. The fraction of sp³-hybridized carbons (Fsp3) is 0.182. The van der Waals surface area contributed by atoms with E-state index in [1.807, 2.05) is 54.6 Å². The van der Waals surface area contributed by atoms with Gasteiger partial charge in [0.1, 0.15) is 0 Å². The summed E-state index contributed by atoms with van der Waals surface area (Å²) in [7, 11) is 0. The number of nitrogen functional groups attached to an aromatic ring is 1. The average molecular weight is 526 g/mol. The molecular weight excluding hydrogens is 496 g/mol.